The van der Waals surface area contributed by atoms with Gasteiger partial charge in [0.1, 0.15) is 11.5 Å². The van der Waals surface area contributed by atoms with E-state index in [0.717, 1.165) is 0 Å². The van der Waals surface area contributed by atoms with Gasteiger partial charge in [0.2, 0.25) is 0 Å². The Morgan fingerprint density at radius 2 is 1.88 bits per heavy atom. The SMILES string of the molecule is CC(CNC(C)(C)C)c1ccc(F)c(N)c1F. The van der Waals surface area contributed by atoms with E-state index in [4.69, 9.17) is 5.73 Å². The predicted octanol–water partition coefficient (Wildman–Crippen LogP) is 3.04. The molecule has 1 atom stereocenters. The first-order chi connectivity index (χ1) is 7.72. The van der Waals surface area contributed by atoms with E-state index >= 15 is 0 Å². The van der Waals surface area contributed by atoms with Crippen LogP contribution >= 0.6 is 0 Å². The highest BCUT2D eigenvalue weighted by molar-refractivity contribution is 5.45. The van der Waals surface area contributed by atoms with E-state index in [0.29, 0.717) is 12.1 Å². The minimum absolute atomic E-state index is 0.0314. The molecule has 0 aliphatic heterocycles. The third-order valence-electron chi connectivity index (χ3n) is 2.63. The lowest BCUT2D eigenvalue weighted by Gasteiger charge is -2.24. The highest BCUT2D eigenvalue weighted by Crippen LogP contribution is 2.25. The summed E-state index contributed by atoms with van der Waals surface area (Å²) in [6.07, 6.45) is 0. The topological polar surface area (TPSA) is 38.0 Å². The number of benzene rings is 1. The Hall–Kier alpha value is -1.16. The van der Waals surface area contributed by atoms with Crippen LogP contribution < -0.4 is 11.1 Å². The summed E-state index contributed by atoms with van der Waals surface area (Å²) in [6, 6.07) is 2.66. The molecule has 1 unspecified atom stereocenters. The van der Waals surface area contributed by atoms with Crippen LogP contribution in [0.4, 0.5) is 14.5 Å². The molecular formula is C13H20F2N2. The summed E-state index contributed by atoms with van der Waals surface area (Å²) in [5, 5.41) is 3.28. The van der Waals surface area contributed by atoms with E-state index in [1.54, 1.807) is 0 Å². The summed E-state index contributed by atoms with van der Waals surface area (Å²) in [5.41, 5.74) is 5.35. The quantitative estimate of drug-likeness (QED) is 0.799. The summed E-state index contributed by atoms with van der Waals surface area (Å²) >= 11 is 0. The zero-order valence-electron chi connectivity index (χ0n) is 10.8. The molecule has 0 spiro atoms. The molecule has 4 heteroatoms. The third kappa shape index (κ3) is 3.66. The first-order valence-electron chi connectivity index (χ1n) is 5.71. The minimum atomic E-state index is -0.706. The van der Waals surface area contributed by atoms with Gasteiger partial charge in [-0.05, 0) is 38.3 Å². The Balaban J connectivity index is 2.83. The van der Waals surface area contributed by atoms with Crippen molar-refractivity contribution in [2.45, 2.75) is 39.2 Å². The van der Waals surface area contributed by atoms with Crippen molar-refractivity contribution in [3.8, 4) is 0 Å². The van der Waals surface area contributed by atoms with Gasteiger partial charge in [0, 0.05) is 12.1 Å². The third-order valence-corrected chi connectivity index (χ3v) is 2.63. The normalized spacial score (nSPS) is 13.8. The van der Waals surface area contributed by atoms with Crippen LogP contribution in [0.25, 0.3) is 0 Å². The van der Waals surface area contributed by atoms with Crippen molar-refractivity contribution in [1.29, 1.82) is 0 Å². The molecule has 0 aromatic heterocycles. The van der Waals surface area contributed by atoms with Crippen LogP contribution in [0, 0.1) is 11.6 Å². The standard InChI is InChI=1S/C13H20F2N2/c1-8(7-17-13(2,3)4)9-5-6-10(14)12(16)11(9)15/h5-6,8,17H,7,16H2,1-4H3. The maximum atomic E-state index is 13.7. The fraction of sp³-hybridized carbons (Fsp3) is 0.538. The maximum absolute atomic E-state index is 13.7. The van der Waals surface area contributed by atoms with Gasteiger partial charge in [-0.25, -0.2) is 8.78 Å². The fourth-order valence-electron chi connectivity index (χ4n) is 1.54. The number of nitrogen functional groups attached to an aromatic ring is 1. The monoisotopic (exact) mass is 242 g/mol. The van der Waals surface area contributed by atoms with Gasteiger partial charge >= 0.3 is 0 Å². The molecule has 0 heterocycles. The number of rotatable bonds is 3. The molecule has 0 amide bonds. The second-order valence-corrected chi connectivity index (χ2v) is 5.40. The number of nitrogens with one attached hydrogen (secondary N) is 1. The zero-order chi connectivity index (χ0) is 13.2. The molecule has 0 aliphatic rings. The number of hydrogen-bond acceptors (Lipinski definition) is 2. The lowest BCUT2D eigenvalue weighted by atomic mass is 9.98. The molecule has 2 nitrogen and oxygen atoms in total. The van der Waals surface area contributed by atoms with E-state index in [9.17, 15) is 8.78 Å². The van der Waals surface area contributed by atoms with Crippen LogP contribution in [-0.2, 0) is 0 Å². The highest BCUT2D eigenvalue weighted by atomic mass is 19.1. The molecule has 1 aromatic rings. The van der Waals surface area contributed by atoms with Crippen molar-refractivity contribution < 1.29 is 8.78 Å². The molecule has 0 aliphatic carbocycles. The van der Waals surface area contributed by atoms with Crippen molar-refractivity contribution in [2.24, 2.45) is 0 Å². The second kappa shape index (κ2) is 5.00. The molecular weight excluding hydrogens is 222 g/mol. The molecule has 3 N–H and O–H groups in total. The number of anilines is 1. The van der Waals surface area contributed by atoms with Crippen molar-refractivity contribution >= 4 is 5.69 Å². The van der Waals surface area contributed by atoms with Crippen molar-refractivity contribution in [1.82, 2.24) is 5.32 Å². The molecule has 1 aromatic carbocycles. The van der Waals surface area contributed by atoms with Gasteiger partial charge < -0.3 is 11.1 Å². The smallest absolute Gasteiger partial charge is 0.152 e. The molecule has 96 valence electrons. The predicted molar refractivity (Wildman–Crippen MR) is 66.9 cm³/mol. The Labute approximate surface area is 101 Å². The maximum Gasteiger partial charge on any atom is 0.152 e. The lowest BCUT2D eigenvalue weighted by Crippen LogP contribution is -2.38. The van der Waals surface area contributed by atoms with E-state index in [1.165, 1.54) is 12.1 Å². The van der Waals surface area contributed by atoms with Gasteiger partial charge in [-0.2, -0.15) is 0 Å². The van der Waals surface area contributed by atoms with Crippen LogP contribution in [-0.4, -0.2) is 12.1 Å². The number of hydrogen-bond donors (Lipinski definition) is 2. The summed E-state index contributed by atoms with van der Waals surface area (Å²) in [7, 11) is 0. The first-order valence-corrected chi connectivity index (χ1v) is 5.71. The van der Waals surface area contributed by atoms with Gasteiger partial charge in [0.25, 0.3) is 0 Å². The van der Waals surface area contributed by atoms with E-state index in [1.807, 2.05) is 27.7 Å². The summed E-state index contributed by atoms with van der Waals surface area (Å²) in [6.45, 7) is 8.61. The van der Waals surface area contributed by atoms with Gasteiger partial charge in [-0.15, -0.1) is 0 Å². The molecule has 0 saturated heterocycles. The zero-order valence-corrected chi connectivity index (χ0v) is 10.8. The minimum Gasteiger partial charge on any atom is -0.394 e. The number of nitrogens with two attached hydrogens (primary N) is 1. The number of halogens is 2. The molecule has 0 saturated carbocycles. The summed E-state index contributed by atoms with van der Waals surface area (Å²) < 4.78 is 26.8. The van der Waals surface area contributed by atoms with Crippen LogP contribution in [0.3, 0.4) is 0 Å². The van der Waals surface area contributed by atoms with Gasteiger partial charge in [0.15, 0.2) is 5.82 Å². The summed E-state index contributed by atoms with van der Waals surface area (Å²) in [4.78, 5) is 0. The Kier molecular flexibility index (Phi) is 4.09. The largest absolute Gasteiger partial charge is 0.394 e. The molecule has 0 fully saturated rings. The Morgan fingerprint density at radius 1 is 1.29 bits per heavy atom. The Bertz CT molecular complexity index is 397. The molecule has 0 radical (unpaired) electrons. The molecule has 17 heavy (non-hydrogen) atoms. The Morgan fingerprint density at radius 3 is 2.41 bits per heavy atom. The average Bonchev–Trinajstić information content (AvgIpc) is 2.22. The lowest BCUT2D eigenvalue weighted by molar-refractivity contribution is 0.408. The van der Waals surface area contributed by atoms with Gasteiger partial charge in [0.05, 0.1) is 0 Å². The molecule has 1 rings (SSSR count). The van der Waals surface area contributed by atoms with Crippen LogP contribution in [0.1, 0.15) is 39.2 Å². The molecule has 0 bridgehead atoms. The van der Waals surface area contributed by atoms with Gasteiger partial charge in [-0.1, -0.05) is 13.0 Å². The van der Waals surface area contributed by atoms with Crippen LogP contribution in [0.15, 0.2) is 12.1 Å². The van der Waals surface area contributed by atoms with E-state index in [-0.39, 0.29) is 11.5 Å². The van der Waals surface area contributed by atoms with Crippen molar-refractivity contribution in [2.75, 3.05) is 12.3 Å². The average molecular weight is 242 g/mol. The highest BCUT2D eigenvalue weighted by Gasteiger charge is 2.17. The summed E-state index contributed by atoms with van der Waals surface area (Å²) in [5.74, 6) is -1.41. The van der Waals surface area contributed by atoms with Crippen LogP contribution in [0.2, 0.25) is 0 Å². The van der Waals surface area contributed by atoms with Gasteiger partial charge in [-0.3, -0.25) is 0 Å². The van der Waals surface area contributed by atoms with Crippen LogP contribution in [0.5, 0.6) is 0 Å². The second-order valence-electron chi connectivity index (χ2n) is 5.40. The van der Waals surface area contributed by atoms with Crippen molar-refractivity contribution in [3.63, 3.8) is 0 Å². The fourth-order valence-corrected chi connectivity index (χ4v) is 1.54. The van der Waals surface area contributed by atoms with Crippen molar-refractivity contribution in [3.05, 3.63) is 29.3 Å². The van der Waals surface area contributed by atoms with E-state index < -0.39 is 17.3 Å². The van der Waals surface area contributed by atoms with E-state index in [2.05, 4.69) is 5.32 Å². The first kappa shape index (κ1) is 13.9.